The molecule has 2 fully saturated rings. The Kier molecular flexibility index (Phi) is 5.16. The number of Topliss-reactive ketones (excluding diaryl/α,β-unsaturated/α-hetero) is 1. The summed E-state index contributed by atoms with van der Waals surface area (Å²) in [4.78, 5) is 17.2. The van der Waals surface area contributed by atoms with Gasteiger partial charge in [-0.1, -0.05) is 36.8 Å². The predicted octanol–water partition coefficient (Wildman–Crippen LogP) is 3.92. The van der Waals surface area contributed by atoms with Crippen molar-refractivity contribution in [3.63, 3.8) is 0 Å². The monoisotopic (exact) mass is 369 g/mol. The summed E-state index contributed by atoms with van der Waals surface area (Å²) in [7, 11) is -0.751. The Morgan fingerprint density at radius 2 is 1.85 bits per heavy atom. The van der Waals surface area contributed by atoms with Gasteiger partial charge in [-0.2, -0.15) is 0 Å². The van der Waals surface area contributed by atoms with Gasteiger partial charge in [0.1, 0.15) is 12.4 Å². The van der Waals surface area contributed by atoms with Crippen LogP contribution in [0.5, 0.6) is 5.75 Å². The van der Waals surface area contributed by atoms with Gasteiger partial charge in [-0.25, -0.2) is 0 Å². The molecule has 2 unspecified atom stereocenters. The third-order valence-corrected chi connectivity index (χ3v) is 7.59. The lowest BCUT2D eigenvalue weighted by Crippen LogP contribution is -2.41. The minimum atomic E-state index is -0.751. The fourth-order valence-electron chi connectivity index (χ4n) is 4.06. The highest BCUT2D eigenvalue weighted by Crippen LogP contribution is 2.38. The number of hydrogen-bond acceptors (Lipinski definition) is 4. The number of rotatable bonds is 5. The Hall–Kier alpha value is -2.01. The molecule has 0 saturated carbocycles. The van der Waals surface area contributed by atoms with Gasteiger partial charge in [0.15, 0.2) is 5.78 Å². The molecule has 1 aromatic carbocycles. The van der Waals surface area contributed by atoms with Gasteiger partial charge >= 0.3 is 0 Å². The van der Waals surface area contributed by atoms with Gasteiger partial charge in [0.05, 0.1) is 6.20 Å². The van der Waals surface area contributed by atoms with Crippen molar-refractivity contribution >= 4 is 16.6 Å². The van der Waals surface area contributed by atoms with E-state index in [2.05, 4.69) is 4.98 Å². The van der Waals surface area contributed by atoms with Gasteiger partial charge < -0.3 is 4.74 Å². The third-order valence-electron chi connectivity index (χ3n) is 5.42. The molecule has 0 aliphatic carbocycles. The lowest BCUT2D eigenvalue weighted by atomic mass is 9.85. The summed E-state index contributed by atoms with van der Waals surface area (Å²) in [5.74, 6) is 0.699. The minimum absolute atomic E-state index is 0.0332. The molecule has 5 heteroatoms. The summed E-state index contributed by atoms with van der Waals surface area (Å²) in [5.41, 5.74) is 1.68. The second-order valence-electron chi connectivity index (χ2n) is 7.22. The number of pyridine rings is 1. The minimum Gasteiger partial charge on any atom is -0.487 e. The number of benzene rings is 1. The zero-order chi connectivity index (χ0) is 17.9. The molecule has 0 amide bonds. The van der Waals surface area contributed by atoms with Crippen LogP contribution in [0.1, 0.15) is 48.0 Å². The maximum absolute atomic E-state index is 13.0. The topological polar surface area (TPSA) is 56.3 Å². The van der Waals surface area contributed by atoms with Crippen LogP contribution >= 0.6 is 0 Å². The smallest absolute Gasteiger partial charge is 0.167 e. The van der Waals surface area contributed by atoms with Gasteiger partial charge in [0.25, 0.3) is 0 Å². The highest BCUT2D eigenvalue weighted by molar-refractivity contribution is 7.86. The van der Waals surface area contributed by atoms with Crippen LogP contribution in [0.3, 0.4) is 0 Å². The van der Waals surface area contributed by atoms with E-state index in [0.717, 1.165) is 37.7 Å². The summed E-state index contributed by atoms with van der Waals surface area (Å²) in [5, 5.41) is 0.392. The van der Waals surface area contributed by atoms with Gasteiger partial charge in [0, 0.05) is 39.0 Å². The van der Waals surface area contributed by atoms with Crippen LogP contribution in [0.4, 0.5) is 0 Å². The van der Waals surface area contributed by atoms with Crippen LogP contribution in [0.2, 0.25) is 0 Å². The molecule has 136 valence electrons. The zero-order valence-electron chi connectivity index (χ0n) is 14.7. The number of carbonyl (C=O) groups is 1. The van der Waals surface area contributed by atoms with E-state index in [1.807, 2.05) is 30.3 Å². The summed E-state index contributed by atoms with van der Waals surface area (Å²) in [6.07, 6.45) is 7.89. The van der Waals surface area contributed by atoms with Crippen molar-refractivity contribution in [2.45, 2.75) is 49.2 Å². The second kappa shape index (κ2) is 7.70. The molecule has 3 heterocycles. The predicted molar refractivity (Wildman–Crippen MR) is 102 cm³/mol. The van der Waals surface area contributed by atoms with Crippen molar-refractivity contribution in [3.8, 4) is 5.75 Å². The summed E-state index contributed by atoms with van der Waals surface area (Å²) in [6.45, 7) is 0.451. The third kappa shape index (κ3) is 3.73. The molecular weight excluding hydrogens is 346 g/mol. The molecule has 2 saturated heterocycles. The maximum Gasteiger partial charge on any atom is 0.167 e. The first kappa shape index (κ1) is 17.4. The Balaban J connectivity index is 1.44. The van der Waals surface area contributed by atoms with E-state index < -0.39 is 10.8 Å². The van der Waals surface area contributed by atoms with Crippen molar-refractivity contribution in [1.29, 1.82) is 0 Å². The van der Waals surface area contributed by atoms with Gasteiger partial charge in [-0.15, -0.1) is 0 Å². The van der Waals surface area contributed by atoms with Crippen LogP contribution in [0, 0.1) is 5.92 Å². The number of aromatic nitrogens is 1. The van der Waals surface area contributed by atoms with Crippen LogP contribution in [-0.4, -0.2) is 25.5 Å². The fourth-order valence-corrected chi connectivity index (χ4v) is 6.24. The molecule has 2 aliphatic rings. The first-order valence-corrected chi connectivity index (χ1v) is 10.5. The van der Waals surface area contributed by atoms with Gasteiger partial charge in [-0.3, -0.25) is 14.0 Å². The van der Waals surface area contributed by atoms with E-state index in [-0.39, 0.29) is 22.2 Å². The summed E-state index contributed by atoms with van der Waals surface area (Å²) >= 11 is 0. The Labute approximate surface area is 156 Å². The highest BCUT2D eigenvalue weighted by Gasteiger charge is 2.40. The molecule has 2 atom stereocenters. The number of carbonyl (C=O) groups excluding carboxylic acids is 1. The SMILES string of the molecule is O=C(c1cncc(OCc2ccccc2)c1)C1CC2CCCC(C1)S2=O. The lowest BCUT2D eigenvalue weighted by Gasteiger charge is -2.37. The standard InChI is InChI=1S/C21H23NO3S/c23-21(16-10-19-7-4-8-20(11-16)26(19)24)17-9-18(13-22-12-17)25-14-15-5-2-1-3-6-15/h1-3,5-6,9,12-13,16,19-20H,4,7-8,10-11,14H2. The number of hydrogen-bond donors (Lipinski definition) is 0. The molecule has 0 radical (unpaired) electrons. The van der Waals surface area contributed by atoms with Crippen molar-refractivity contribution in [3.05, 3.63) is 59.9 Å². The van der Waals surface area contributed by atoms with E-state index >= 15 is 0 Å². The number of ether oxygens (including phenoxy) is 1. The van der Waals surface area contributed by atoms with Gasteiger partial charge in [0.2, 0.25) is 0 Å². The average Bonchev–Trinajstić information content (AvgIpc) is 2.67. The van der Waals surface area contributed by atoms with E-state index in [4.69, 9.17) is 4.74 Å². The van der Waals surface area contributed by atoms with Gasteiger partial charge in [-0.05, 0) is 37.3 Å². The normalized spacial score (nSPS) is 27.7. The fraction of sp³-hybridized carbons (Fsp3) is 0.429. The summed E-state index contributed by atoms with van der Waals surface area (Å²) < 4.78 is 18.2. The first-order valence-electron chi connectivity index (χ1n) is 9.26. The van der Waals surface area contributed by atoms with E-state index in [0.29, 0.717) is 17.9 Å². The molecule has 2 aliphatic heterocycles. The number of fused-ring (bicyclic) bond motifs is 2. The quantitative estimate of drug-likeness (QED) is 0.750. The largest absolute Gasteiger partial charge is 0.487 e. The van der Waals surface area contributed by atoms with Crippen molar-refractivity contribution in [1.82, 2.24) is 4.98 Å². The number of ketones is 1. The number of nitrogens with zero attached hydrogens (tertiary/aromatic N) is 1. The van der Waals surface area contributed by atoms with E-state index in [1.165, 1.54) is 0 Å². The molecule has 2 bridgehead atoms. The molecule has 4 nitrogen and oxygen atoms in total. The van der Waals surface area contributed by atoms with Crippen LogP contribution in [0.25, 0.3) is 0 Å². The summed E-state index contributed by atoms with van der Waals surface area (Å²) in [6, 6.07) is 11.7. The second-order valence-corrected chi connectivity index (χ2v) is 9.21. The van der Waals surface area contributed by atoms with Crippen molar-refractivity contribution < 1.29 is 13.7 Å². The molecule has 1 aromatic heterocycles. The van der Waals surface area contributed by atoms with Crippen LogP contribution < -0.4 is 4.74 Å². The Morgan fingerprint density at radius 3 is 2.58 bits per heavy atom. The molecule has 26 heavy (non-hydrogen) atoms. The van der Waals surface area contributed by atoms with E-state index in [1.54, 1.807) is 18.5 Å². The molecule has 0 N–H and O–H groups in total. The van der Waals surface area contributed by atoms with Crippen molar-refractivity contribution in [2.75, 3.05) is 0 Å². The highest BCUT2D eigenvalue weighted by atomic mass is 32.2. The van der Waals surface area contributed by atoms with Crippen LogP contribution in [-0.2, 0) is 17.4 Å². The van der Waals surface area contributed by atoms with Crippen LogP contribution in [0.15, 0.2) is 48.8 Å². The molecular formula is C21H23NO3S. The molecule has 4 rings (SSSR count). The van der Waals surface area contributed by atoms with E-state index in [9.17, 15) is 9.00 Å². The average molecular weight is 369 g/mol. The Morgan fingerprint density at radius 1 is 1.12 bits per heavy atom. The zero-order valence-corrected chi connectivity index (χ0v) is 15.5. The Bertz CT molecular complexity index is 792. The molecule has 0 spiro atoms. The lowest BCUT2D eigenvalue weighted by molar-refractivity contribution is 0.0894. The maximum atomic E-state index is 13.0. The first-order chi connectivity index (χ1) is 12.7. The molecule has 2 aromatic rings. The van der Waals surface area contributed by atoms with Crippen molar-refractivity contribution in [2.24, 2.45) is 5.92 Å².